The molecule has 2 saturated heterocycles. The zero-order valence-electron chi connectivity index (χ0n) is 13.6. The summed E-state index contributed by atoms with van der Waals surface area (Å²) in [6.07, 6.45) is 4.02. The van der Waals surface area contributed by atoms with Gasteiger partial charge in [-0.25, -0.2) is 4.39 Å². The highest BCUT2D eigenvalue weighted by atomic mass is 19.1. The van der Waals surface area contributed by atoms with Gasteiger partial charge in [-0.3, -0.25) is 4.79 Å². The predicted octanol–water partition coefficient (Wildman–Crippen LogP) is 2.30. The van der Waals surface area contributed by atoms with Gasteiger partial charge in [0, 0.05) is 18.7 Å². The van der Waals surface area contributed by atoms with Crippen LogP contribution in [-0.2, 0) is 4.74 Å². The summed E-state index contributed by atoms with van der Waals surface area (Å²) >= 11 is 0. The van der Waals surface area contributed by atoms with E-state index in [4.69, 9.17) is 4.74 Å². The van der Waals surface area contributed by atoms with Gasteiger partial charge < -0.3 is 14.5 Å². The average Bonchev–Trinajstić information content (AvgIpc) is 3.28. The fourth-order valence-electron chi connectivity index (χ4n) is 3.88. The van der Waals surface area contributed by atoms with Crippen LogP contribution >= 0.6 is 0 Å². The Bertz CT molecular complexity index is 604. The number of likely N-dealkylation sites (tertiary alicyclic amines) is 1. The lowest BCUT2D eigenvalue weighted by Crippen LogP contribution is -2.61. The van der Waals surface area contributed by atoms with Gasteiger partial charge in [-0.1, -0.05) is 0 Å². The van der Waals surface area contributed by atoms with Gasteiger partial charge in [0.2, 0.25) is 0 Å². The molecule has 0 N–H and O–H groups in total. The number of hydrogen-bond acceptors (Lipinski definition) is 3. The molecule has 2 heterocycles. The monoisotopic (exact) mass is 318 g/mol. The molecular weight excluding hydrogens is 295 g/mol. The normalized spacial score (nSPS) is 25.7. The Balaban J connectivity index is 1.56. The maximum Gasteiger partial charge on any atom is 0.254 e. The van der Waals surface area contributed by atoms with Crippen LogP contribution in [0.5, 0.6) is 0 Å². The van der Waals surface area contributed by atoms with E-state index in [1.165, 1.54) is 12.1 Å². The van der Waals surface area contributed by atoms with Crippen LogP contribution in [0.3, 0.4) is 0 Å². The Morgan fingerprint density at radius 3 is 2.17 bits per heavy atom. The quantitative estimate of drug-likeness (QED) is 0.796. The third kappa shape index (κ3) is 2.88. The Morgan fingerprint density at radius 2 is 1.61 bits per heavy atom. The maximum absolute atomic E-state index is 13.1. The number of morpholine rings is 1. The second-order valence-electron chi connectivity index (χ2n) is 7.44. The fourth-order valence-corrected chi connectivity index (χ4v) is 3.88. The van der Waals surface area contributed by atoms with E-state index in [0.29, 0.717) is 18.7 Å². The lowest BCUT2D eigenvalue weighted by molar-refractivity contribution is -0.178. The number of carbonyl (C=O) groups excluding carboxylic acids is 1. The van der Waals surface area contributed by atoms with Crippen molar-refractivity contribution in [3.05, 3.63) is 35.6 Å². The molecule has 3 aliphatic rings. The van der Waals surface area contributed by atoms with Gasteiger partial charge in [0.15, 0.2) is 0 Å². The van der Waals surface area contributed by atoms with E-state index < -0.39 is 0 Å². The molecule has 3 fully saturated rings. The summed E-state index contributed by atoms with van der Waals surface area (Å²) in [6, 6.07) is 5.86. The molecule has 1 aromatic carbocycles. The van der Waals surface area contributed by atoms with Crippen molar-refractivity contribution >= 4 is 5.91 Å². The van der Waals surface area contributed by atoms with Gasteiger partial charge in [-0.2, -0.15) is 0 Å². The number of amides is 1. The molecule has 1 aliphatic carbocycles. The van der Waals surface area contributed by atoms with Crippen molar-refractivity contribution in [1.29, 1.82) is 0 Å². The van der Waals surface area contributed by atoms with Gasteiger partial charge in [-0.15, -0.1) is 0 Å². The minimum Gasteiger partial charge on any atom is -0.365 e. The van der Waals surface area contributed by atoms with E-state index in [1.54, 1.807) is 12.1 Å². The Kier molecular flexibility index (Phi) is 3.46. The summed E-state index contributed by atoms with van der Waals surface area (Å²) in [6.45, 7) is 3.34. The third-order valence-corrected chi connectivity index (χ3v) is 5.48. The van der Waals surface area contributed by atoms with Crippen LogP contribution in [0.2, 0.25) is 0 Å². The minimum atomic E-state index is -0.311. The number of nitrogens with zero attached hydrogens (tertiary/aromatic N) is 2. The first kappa shape index (κ1) is 15.1. The molecule has 4 nitrogen and oxygen atoms in total. The molecule has 0 radical (unpaired) electrons. The van der Waals surface area contributed by atoms with Gasteiger partial charge in [0.05, 0.1) is 24.3 Å². The second-order valence-corrected chi connectivity index (χ2v) is 7.44. The van der Waals surface area contributed by atoms with E-state index >= 15 is 0 Å². The maximum atomic E-state index is 13.1. The summed E-state index contributed by atoms with van der Waals surface area (Å²) in [5, 5.41) is 0. The van der Waals surface area contributed by atoms with Crippen LogP contribution in [0.25, 0.3) is 0 Å². The zero-order valence-corrected chi connectivity index (χ0v) is 13.6. The van der Waals surface area contributed by atoms with Crippen molar-refractivity contribution in [2.75, 3.05) is 33.2 Å². The van der Waals surface area contributed by atoms with Crippen LogP contribution in [-0.4, -0.2) is 60.1 Å². The van der Waals surface area contributed by atoms with Crippen molar-refractivity contribution in [3.8, 4) is 0 Å². The van der Waals surface area contributed by atoms with E-state index in [1.807, 2.05) is 4.90 Å². The molecule has 2 aliphatic heterocycles. The molecule has 0 unspecified atom stereocenters. The predicted molar refractivity (Wildman–Crippen MR) is 84.8 cm³/mol. The summed E-state index contributed by atoms with van der Waals surface area (Å²) < 4.78 is 19.6. The van der Waals surface area contributed by atoms with Crippen molar-refractivity contribution in [2.24, 2.45) is 0 Å². The highest BCUT2D eigenvalue weighted by Crippen LogP contribution is 2.49. The molecule has 1 aromatic rings. The molecule has 1 saturated carbocycles. The SMILES string of the molecule is CN1CCC2(CC1)CN(C(=O)c1ccc(F)cc1)CC1(CC1)O2. The molecule has 0 aromatic heterocycles. The number of piperidine rings is 1. The Hall–Kier alpha value is -1.46. The number of hydrogen-bond donors (Lipinski definition) is 0. The van der Waals surface area contributed by atoms with E-state index in [0.717, 1.165) is 38.8 Å². The lowest BCUT2D eigenvalue weighted by Gasteiger charge is -2.50. The number of halogens is 1. The number of carbonyl (C=O) groups is 1. The van der Waals surface area contributed by atoms with Crippen LogP contribution < -0.4 is 0 Å². The minimum absolute atomic E-state index is 0.00196. The van der Waals surface area contributed by atoms with Crippen LogP contribution in [0, 0.1) is 5.82 Å². The topological polar surface area (TPSA) is 32.8 Å². The van der Waals surface area contributed by atoms with Crippen LogP contribution in [0.15, 0.2) is 24.3 Å². The van der Waals surface area contributed by atoms with Crippen molar-refractivity contribution in [1.82, 2.24) is 9.80 Å². The van der Waals surface area contributed by atoms with E-state index in [9.17, 15) is 9.18 Å². The number of benzene rings is 1. The van der Waals surface area contributed by atoms with Gasteiger partial charge >= 0.3 is 0 Å². The summed E-state index contributed by atoms with van der Waals surface area (Å²) in [5.41, 5.74) is 0.244. The van der Waals surface area contributed by atoms with Crippen molar-refractivity contribution < 1.29 is 13.9 Å². The Labute approximate surface area is 136 Å². The third-order valence-electron chi connectivity index (χ3n) is 5.48. The molecule has 124 valence electrons. The van der Waals surface area contributed by atoms with Crippen molar-refractivity contribution in [3.63, 3.8) is 0 Å². The fraction of sp³-hybridized carbons (Fsp3) is 0.611. The number of ether oxygens (including phenoxy) is 1. The van der Waals surface area contributed by atoms with Gasteiger partial charge in [-0.05, 0) is 57.0 Å². The first-order chi connectivity index (χ1) is 11.0. The summed E-state index contributed by atoms with van der Waals surface area (Å²) in [7, 11) is 2.13. The van der Waals surface area contributed by atoms with Gasteiger partial charge in [0.25, 0.3) is 5.91 Å². The standard InChI is InChI=1S/C18H23FN2O2/c1-20-10-8-18(9-11-20)13-21(12-17(23-18)6-7-17)16(22)14-2-4-15(19)5-3-14/h2-5H,6-13H2,1H3. The molecule has 2 spiro atoms. The molecule has 4 rings (SSSR count). The molecule has 23 heavy (non-hydrogen) atoms. The van der Waals surface area contributed by atoms with Gasteiger partial charge in [0.1, 0.15) is 5.82 Å². The molecule has 0 atom stereocenters. The smallest absolute Gasteiger partial charge is 0.254 e. The van der Waals surface area contributed by atoms with Crippen LogP contribution in [0.4, 0.5) is 4.39 Å². The van der Waals surface area contributed by atoms with E-state index in [-0.39, 0.29) is 22.9 Å². The molecule has 5 heteroatoms. The average molecular weight is 318 g/mol. The highest BCUT2D eigenvalue weighted by molar-refractivity contribution is 5.94. The highest BCUT2D eigenvalue weighted by Gasteiger charge is 2.56. The number of rotatable bonds is 1. The zero-order chi connectivity index (χ0) is 16.1. The lowest BCUT2D eigenvalue weighted by atomic mass is 9.88. The molecular formula is C18H23FN2O2. The first-order valence-electron chi connectivity index (χ1n) is 8.43. The summed E-state index contributed by atoms with van der Waals surface area (Å²) in [5.74, 6) is -0.313. The second kappa shape index (κ2) is 5.28. The van der Waals surface area contributed by atoms with Crippen LogP contribution in [0.1, 0.15) is 36.0 Å². The van der Waals surface area contributed by atoms with E-state index in [2.05, 4.69) is 11.9 Å². The molecule has 1 amide bonds. The largest absolute Gasteiger partial charge is 0.365 e. The van der Waals surface area contributed by atoms with Crippen molar-refractivity contribution in [2.45, 2.75) is 36.9 Å². The Morgan fingerprint density at radius 1 is 1.04 bits per heavy atom. The molecule has 0 bridgehead atoms. The summed E-state index contributed by atoms with van der Waals surface area (Å²) in [4.78, 5) is 17.1. The first-order valence-corrected chi connectivity index (χ1v) is 8.43.